The van der Waals surface area contributed by atoms with Crippen LogP contribution >= 0.6 is 0 Å². The molecule has 16 heavy (non-hydrogen) atoms. The molecule has 0 aromatic carbocycles. The SMILES string of the molecule is CCCc1nc(N)cc(-n2cc(C)cn2)n1. The Kier molecular flexibility index (Phi) is 2.85. The minimum atomic E-state index is 0.488. The standard InChI is InChI=1S/C11H15N5/c1-3-4-10-14-9(12)5-11(15-10)16-7-8(2)6-13-16/h5-7H,3-4H2,1-2H3,(H2,12,14,15). The summed E-state index contributed by atoms with van der Waals surface area (Å²) in [5.41, 5.74) is 6.83. The Bertz CT molecular complexity index is 489. The summed E-state index contributed by atoms with van der Waals surface area (Å²) in [6.07, 6.45) is 5.54. The molecule has 2 rings (SSSR count). The first-order valence-corrected chi connectivity index (χ1v) is 5.34. The molecular formula is C11H15N5. The van der Waals surface area contributed by atoms with Gasteiger partial charge in [0.1, 0.15) is 11.6 Å². The topological polar surface area (TPSA) is 69.6 Å². The number of nitrogens with two attached hydrogens (primary N) is 1. The van der Waals surface area contributed by atoms with Gasteiger partial charge in [0.2, 0.25) is 0 Å². The van der Waals surface area contributed by atoms with Gasteiger partial charge >= 0.3 is 0 Å². The van der Waals surface area contributed by atoms with Crippen molar-refractivity contribution in [3.8, 4) is 5.82 Å². The zero-order valence-corrected chi connectivity index (χ0v) is 9.51. The van der Waals surface area contributed by atoms with Gasteiger partial charge in [-0.05, 0) is 18.9 Å². The molecule has 84 valence electrons. The van der Waals surface area contributed by atoms with Crippen molar-refractivity contribution in [2.75, 3.05) is 5.73 Å². The highest BCUT2D eigenvalue weighted by Gasteiger charge is 2.04. The number of hydrogen-bond donors (Lipinski definition) is 1. The van der Waals surface area contributed by atoms with Gasteiger partial charge in [0, 0.05) is 18.7 Å². The third-order valence-electron chi connectivity index (χ3n) is 2.20. The van der Waals surface area contributed by atoms with Gasteiger partial charge in [-0.1, -0.05) is 6.92 Å². The molecule has 2 aromatic heterocycles. The highest BCUT2D eigenvalue weighted by molar-refractivity contribution is 5.37. The number of rotatable bonds is 3. The van der Waals surface area contributed by atoms with E-state index in [1.165, 1.54) is 0 Å². The highest BCUT2D eigenvalue weighted by Crippen LogP contribution is 2.09. The van der Waals surface area contributed by atoms with Crippen molar-refractivity contribution in [2.45, 2.75) is 26.7 Å². The summed E-state index contributed by atoms with van der Waals surface area (Å²) in [5.74, 6) is 1.98. The fraction of sp³-hybridized carbons (Fsp3) is 0.364. The zero-order chi connectivity index (χ0) is 11.5. The van der Waals surface area contributed by atoms with Crippen molar-refractivity contribution in [3.05, 3.63) is 29.8 Å². The normalized spacial score (nSPS) is 10.6. The van der Waals surface area contributed by atoms with E-state index < -0.39 is 0 Å². The Hall–Kier alpha value is -1.91. The average molecular weight is 217 g/mol. The van der Waals surface area contributed by atoms with Gasteiger partial charge in [0.05, 0.1) is 6.20 Å². The smallest absolute Gasteiger partial charge is 0.159 e. The second kappa shape index (κ2) is 4.30. The maximum atomic E-state index is 5.74. The van der Waals surface area contributed by atoms with Crippen LogP contribution in [0.3, 0.4) is 0 Å². The molecule has 2 aromatic rings. The van der Waals surface area contributed by atoms with Crippen molar-refractivity contribution in [1.29, 1.82) is 0 Å². The van der Waals surface area contributed by atoms with E-state index in [2.05, 4.69) is 22.0 Å². The van der Waals surface area contributed by atoms with Crippen LogP contribution in [0.1, 0.15) is 24.7 Å². The lowest BCUT2D eigenvalue weighted by molar-refractivity contribution is 0.787. The van der Waals surface area contributed by atoms with Crippen LogP contribution in [-0.2, 0) is 6.42 Å². The Labute approximate surface area is 94.3 Å². The van der Waals surface area contributed by atoms with Crippen LogP contribution in [0.5, 0.6) is 0 Å². The molecule has 0 bridgehead atoms. The molecule has 0 saturated carbocycles. The van der Waals surface area contributed by atoms with Crippen LogP contribution in [0, 0.1) is 6.92 Å². The second-order valence-corrected chi connectivity index (χ2v) is 3.78. The van der Waals surface area contributed by atoms with Gasteiger partial charge in [0.15, 0.2) is 5.82 Å². The molecule has 5 heteroatoms. The van der Waals surface area contributed by atoms with Gasteiger partial charge in [-0.3, -0.25) is 0 Å². The first kappa shape index (κ1) is 10.6. The molecule has 0 aliphatic carbocycles. The molecule has 0 fully saturated rings. The molecule has 0 saturated heterocycles. The van der Waals surface area contributed by atoms with Gasteiger partial charge < -0.3 is 5.73 Å². The minimum Gasteiger partial charge on any atom is -0.384 e. The Balaban J connectivity index is 2.40. The molecule has 0 aliphatic heterocycles. The fourth-order valence-corrected chi connectivity index (χ4v) is 1.49. The van der Waals surface area contributed by atoms with Crippen LogP contribution in [0.4, 0.5) is 5.82 Å². The largest absolute Gasteiger partial charge is 0.384 e. The van der Waals surface area contributed by atoms with E-state index in [0.29, 0.717) is 5.82 Å². The zero-order valence-electron chi connectivity index (χ0n) is 9.51. The van der Waals surface area contributed by atoms with Crippen LogP contribution in [0.15, 0.2) is 18.5 Å². The van der Waals surface area contributed by atoms with Crippen molar-refractivity contribution < 1.29 is 0 Å². The first-order valence-electron chi connectivity index (χ1n) is 5.34. The Morgan fingerprint density at radius 1 is 1.38 bits per heavy atom. The van der Waals surface area contributed by atoms with Crippen LogP contribution in [-0.4, -0.2) is 19.7 Å². The van der Waals surface area contributed by atoms with E-state index in [4.69, 9.17) is 5.73 Å². The van der Waals surface area contributed by atoms with Gasteiger partial charge in [0.25, 0.3) is 0 Å². The van der Waals surface area contributed by atoms with Crippen molar-refractivity contribution >= 4 is 5.82 Å². The van der Waals surface area contributed by atoms with E-state index in [0.717, 1.165) is 30.0 Å². The summed E-state index contributed by atoms with van der Waals surface area (Å²) < 4.78 is 1.71. The maximum Gasteiger partial charge on any atom is 0.159 e. The number of aromatic nitrogens is 4. The minimum absolute atomic E-state index is 0.488. The Morgan fingerprint density at radius 3 is 2.81 bits per heavy atom. The molecule has 0 amide bonds. The van der Waals surface area contributed by atoms with Gasteiger partial charge in [-0.25, -0.2) is 14.6 Å². The molecule has 0 spiro atoms. The molecule has 5 nitrogen and oxygen atoms in total. The van der Waals surface area contributed by atoms with Gasteiger partial charge in [-0.2, -0.15) is 5.10 Å². The summed E-state index contributed by atoms with van der Waals surface area (Å²) in [6, 6.07) is 1.73. The molecular weight excluding hydrogens is 202 g/mol. The van der Waals surface area contributed by atoms with Crippen LogP contribution in [0.2, 0.25) is 0 Å². The van der Waals surface area contributed by atoms with E-state index >= 15 is 0 Å². The average Bonchev–Trinajstić information content (AvgIpc) is 2.64. The fourth-order valence-electron chi connectivity index (χ4n) is 1.49. The predicted octanol–water partition coefficient (Wildman–Crippen LogP) is 1.51. The quantitative estimate of drug-likeness (QED) is 0.846. The molecule has 0 atom stereocenters. The summed E-state index contributed by atoms with van der Waals surface area (Å²) in [4.78, 5) is 8.60. The highest BCUT2D eigenvalue weighted by atomic mass is 15.3. The van der Waals surface area contributed by atoms with Crippen LogP contribution < -0.4 is 5.73 Å². The molecule has 0 aliphatic rings. The third-order valence-corrected chi connectivity index (χ3v) is 2.20. The first-order chi connectivity index (χ1) is 7.69. The lowest BCUT2D eigenvalue weighted by atomic mass is 10.3. The summed E-state index contributed by atoms with van der Waals surface area (Å²) in [7, 11) is 0. The summed E-state index contributed by atoms with van der Waals surface area (Å²) in [5, 5.41) is 4.20. The third kappa shape index (κ3) is 2.18. The van der Waals surface area contributed by atoms with Crippen molar-refractivity contribution in [1.82, 2.24) is 19.7 Å². The molecule has 2 N–H and O–H groups in total. The van der Waals surface area contributed by atoms with E-state index in [1.807, 2.05) is 13.1 Å². The molecule has 0 radical (unpaired) electrons. The summed E-state index contributed by atoms with van der Waals surface area (Å²) in [6.45, 7) is 4.07. The predicted molar refractivity (Wildman–Crippen MR) is 62.3 cm³/mol. The number of anilines is 1. The monoisotopic (exact) mass is 217 g/mol. The summed E-state index contributed by atoms with van der Waals surface area (Å²) >= 11 is 0. The van der Waals surface area contributed by atoms with Crippen molar-refractivity contribution in [3.63, 3.8) is 0 Å². The number of nitrogen functional groups attached to an aromatic ring is 1. The molecule has 0 unspecified atom stereocenters. The maximum absolute atomic E-state index is 5.74. The number of nitrogens with zero attached hydrogens (tertiary/aromatic N) is 4. The van der Waals surface area contributed by atoms with E-state index in [9.17, 15) is 0 Å². The molecule has 2 heterocycles. The lowest BCUT2D eigenvalue weighted by Crippen LogP contribution is -2.06. The van der Waals surface area contributed by atoms with Gasteiger partial charge in [-0.15, -0.1) is 0 Å². The number of aryl methyl sites for hydroxylation is 2. The van der Waals surface area contributed by atoms with Crippen molar-refractivity contribution in [2.24, 2.45) is 0 Å². The van der Waals surface area contributed by atoms with Crippen LogP contribution in [0.25, 0.3) is 5.82 Å². The number of hydrogen-bond acceptors (Lipinski definition) is 4. The lowest BCUT2D eigenvalue weighted by Gasteiger charge is -2.04. The van der Waals surface area contributed by atoms with E-state index in [-0.39, 0.29) is 0 Å². The van der Waals surface area contributed by atoms with E-state index in [1.54, 1.807) is 16.9 Å². The Morgan fingerprint density at radius 2 is 2.19 bits per heavy atom. The second-order valence-electron chi connectivity index (χ2n) is 3.78.